The number of anilines is 2. The fourth-order valence-electron chi connectivity index (χ4n) is 2.41. The topological polar surface area (TPSA) is 173 Å². The van der Waals surface area contributed by atoms with Crippen molar-refractivity contribution < 1.29 is 39.6 Å². The molecule has 0 amide bonds. The number of hydrogen-bond acceptors (Lipinski definition) is 6. The quantitative estimate of drug-likeness (QED) is 0.143. The predicted molar refractivity (Wildman–Crippen MR) is 111 cm³/mol. The Kier molecular flexibility index (Phi) is 7.51. The third-order valence-corrected chi connectivity index (χ3v) is 3.95. The molecule has 0 saturated carbocycles. The molecular formula is C21H18N2O8. The van der Waals surface area contributed by atoms with Crippen LogP contribution in [0, 0.1) is 0 Å². The Balaban J connectivity index is 1.95. The number of aliphatic carboxylic acids is 4. The maximum atomic E-state index is 10.9. The number of rotatable bonds is 10. The van der Waals surface area contributed by atoms with E-state index in [0.717, 1.165) is 12.2 Å². The Bertz CT molecular complexity index is 936. The Morgan fingerprint density at radius 2 is 0.871 bits per heavy atom. The van der Waals surface area contributed by atoms with E-state index in [2.05, 4.69) is 10.6 Å². The molecule has 0 fully saturated rings. The van der Waals surface area contributed by atoms with Gasteiger partial charge in [-0.2, -0.15) is 0 Å². The Morgan fingerprint density at radius 1 is 0.581 bits per heavy atom. The van der Waals surface area contributed by atoms with Crippen LogP contribution in [0.3, 0.4) is 0 Å². The highest BCUT2D eigenvalue weighted by Crippen LogP contribution is 2.15. The van der Waals surface area contributed by atoms with Gasteiger partial charge in [0.1, 0.15) is 11.1 Å². The van der Waals surface area contributed by atoms with Gasteiger partial charge in [0, 0.05) is 11.4 Å². The number of carboxylic acid groups (broad SMARTS) is 4. The second-order valence-electron chi connectivity index (χ2n) is 6.11. The molecule has 0 saturated heterocycles. The first-order valence-electron chi connectivity index (χ1n) is 8.72. The second-order valence-corrected chi connectivity index (χ2v) is 6.11. The van der Waals surface area contributed by atoms with Crippen molar-refractivity contribution in [1.82, 2.24) is 0 Å². The minimum Gasteiger partial charge on any atom is -0.477 e. The first-order chi connectivity index (χ1) is 14.7. The van der Waals surface area contributed by atoms with E-state index < -0.39 is 35.0 Å². The van der Waals surface area contributed by atoms with Gasteiger partial charge in [0.05, 0.1) is 6.67 Å². The molecule has 0 unspecified atom stereocenters. The summed E-state index contributed by atoms with van der Waals surface area (Å²) in [6, 6.07) is 12.9. The molecule has 31 heavy (non-hydrogen) atoms. The Morgan fingerprint density at radius 3 is 1.13 bits per heavy atom. The molecule has 0 aliphatic heterocycles. The minimum absolute atomic E-state index is 0.315. The lowest BCUT2D eigenvalue weighted by Crippen LogP contribution is -2.12. The number of nitrogens with one attached hydrogen (secondary N) is 2. The van der Waals surface area contributed by atoms with Gasteiger partial charge in [0.15, 0.2) is 0 Å². The molecule has 2 aromatic rings. The third kappa shape index (κ3) is 6.75. The molecule has 0 spiro atoms. The summed E-state index contributed by atoms with van der Waals surface area (Å²) in [6.07, 6.45) is 2.12. The van der Waals surface area contributed by atoms with E-state index >= 15 is 0 Å². The molecule has 0 aromatic heterocycles. The largest absolute Gasteiger partial charge is 0.477 e. The van der Waals surface area contributed by atoms with Crippen LogP contribution in [0.4, 0.5) is 11.4 Å². The Labute approximate surface area is 175 Å². The molecule has 0 heterocycles. The van der Waals surface area contributed by atoms with Crippen molar-refractivity contribution in [3.05, 3.63) is 70.8 Å². The molecule has 0 atom stereocenters. The SMILES string of the molecule is O=C(O)C(=Cc1ccc(NCNc2ccc(C=C(C(=O)O)C(=O)O)cc2)cc1)C(=O)O. The van der Waals surface area contributed by atoms with Crippen LogP contribution in [0.2, 0.25) is 0 Å². The molecule has 0 radical (unpaired) electrons. The molecular weight excluding hydrogens is 408 g/mol. The van der Waals surface area contributed by atoms with Crippen LogP contribution in [0.5, 0.6) is 0 Å². The van der Waals surface area contributed by atoms with E-state index in [0.29, 0.717) is 29.2 Å². The van der Waals surface area contributed by atoms with E-state index in [1.54, 1.807) is 48.5 Å². The molecule has 10 nitrogen and oxygen atoms in total. The zero-order valence-electron chi connectivity index (χ0n) is 15.9. The summed E-state index contributed by atoms with van der Waals surface area (Å²) < 4.78 is 0. The van der Waals surface area contributed by atoms with Crippen LogP contribution in [-0.2, 0) is 19.2 Å². The lowest BCUT2D eigenvalue weighted by atomic mass is 10.1. The zero-order chi connectivity index (χ0) is 23.0. The van der Waals surface area contributed by atoms with Gasteiger partial charge in [-0.05, 0) is 47.5 Å². The van der Waals surface area contributed by atoms with Gasteiger partial charge < -0.3 is 31.1 Å². The lowest BCUT2D eigenvalue weighted by Gasteiger charge is -2.10. The van der Waals surface area contributed by atoms with Crippen molar-refractivity contribution in [2.75, 3.05) is 17.3 Å². The van der Waals surface area contributed by atoms with Crippen molar-refractivity contribution in [2.45, 2.75) is 0 Å². The molecule has 2 rings (SSSR count). The van der Waals surface area contributed by atoms with Gasteiger partial charge in [0.2, 0.25) is 0 Å². The van der Waals surface area contributed by atoms with Crippen LogP contribution < -0.4 is 10.6 Å². The summed E-state index contributed by atoms with van der Waals surface area (Å²) in [5.74, 6) is -6.10. The van der Waals surface area contributed by atoms with Gasteiger partial charge in [0.25, 0.3) is 0 Å². The number of hydrogen-bond donors (Lipinski definition) is 6. The van der Waals surface area contributed by atoms with Crippen LogP contribution in [-0.4, -0.2) is 51.0 Å². The molecule has 2 aromatic carbocycles. The van der Waals surface area contributed by atoms with E-state index in [4.69, 9.17) is 20.4 Å². The van der Waals surface area contributed by atoms with E-state index in [1.807, 2.05) is 0 Å². The smallest absolute Gasteiger partial charge is 0.343 e. The summed E-state index contributed by atoms with van der Waals surface area (Å²) in [4.78, 5) is 43.6. The standard InChI is InChI=1S/C21H18N2O8/c24-18(25)16(19(26)27)9-12-1-5-14(6-2-12)22-11-23-15-7-3-13(4-8-15)10-17(20(28)29)21(30)31/h1-10,22-23H,11H2,(H,24,25)(H,26,27)(H,28,29)(H,30,31). The highest BCUT2D eigenvalue weighted by atomic mass is 16.4. The van der Waals surface area contributed by atoms with Gasteiger partial charge in [-0.3, -0.25) is 0 Å². The van der Waals surface area contributed by atoms with Crippen LogP contribution in [0.15, 0.2) is 59.7 Å². The minimum atomic E-state index is -1.53. The van der Waals surface area contributed by atoms with E-state index in [9.17, 15) is 19.2 Å². The average molecular weight is 426 g/mol. The van der Waals surface area contributed by atoms with Crippen molar-refractivity contribution in [2.24, 2.45) is 0 Å². The van der Waals surface area contributed by atoms with E-state index in [-0.39, 0.29) is 0 Å². The van der Waals surface area contributed by atoms with Crippen LogP contribution >= 0.6 is 0 Å². The number of carboxylic acids is 4. The first kappa shape index (κ1) is 22.7. The molecule has 0 aliphatic carbocycles. The van der Waals surface area contributed by atoms with Crippen molar-refractivity contribution >= 4 is 47.4 Å². The third-order valence-electron chi connectivity index (χ3n) is 3.95. The average Bonchev–Trinajstić information content (AvgIpc) is 2.71. The summed E-state index contributed by atoms with van der Waals surface area (Å²) in [7, 11) is 0. The zero-order valence-corrected chi connectivity index (χ0v) is 15.9. The Hall–Kier alpha value is -4.60. The lowest BCUT2D eigenvalue weighted by molar-refractivity contribution is -0.142. The van der Waals surface area contributed by atoms with Gasteiger partial charge >= 0.3 is 23.9 Å². The summed E-state index contributed by atoms with van der Waals surface area (Å²) >= 11 is 0. The maximum absolute atomic E-state index is 10.9. The molecule has 0 bridgehead atoms. The fourth-order valence-corrected chi connectivity index (χ4v) is 2.41. The molecule has 10 heteroatoms. The van der Waals surface area contributed by atoms with Crippen molar-refractivity contribution in [3.63, 3.8) is 0 Å². The van der Waals surface area contributed by atoms with Crippen LogP contribution in [0.1, 0.15) is 11.1 Å². The van der Waals surface area contributed by atoms with E-state index in [1.165, 1.54) is 0 Å². The highest BCUT2D eigenvalue weighted by Gasteiger charge is 2.16. The number of carbonyl (C=O) groups is 4. The molecule has 6 N–H and O–H groups in total. The highest BCUT2D eigenvalue weighted by molar-refractivity contribution is 6.16. The van der Waals surface area contributed by atoms with Crippen LogP contribution in [0.25, 0.3) is 12.2 Å². The predicted octanol–water partition coefficient (Wildman–Crippen LogP) is 2.27. The monoisotopic (exact) mass is 426 g/mol. The summed E-state index contributed by atoms with van der Waals surface area (Å²) in [5.41, 5.74) is 0.764. The maximum Gasteiger partial charge on any atom is 0.343 e. The molecule has 160 valence electrons. The second kappa shape index (κ2) is 10.3. The van der Waals surface area contributed by atoms with Crippen molar-refractivity contribution in [1.29, 1.82) is 0 Å². The fraction of sp³-hybridized carbons (Fsp3) is 0.0476. The normalized spacial score (nSPS) is 9.81. The molecule has 0 aliphatic rings. The van der Waals surface area contributed by atoms with Crippen molar-refractivity contribution in [3.8, 4) is 0 Å². The van der Waals surface area contributed by atoms with Gasteiger partial charge in [-0.15, -0.1) is 0 Å². The summed E-state index contributed by atoms with van der Waals surface area (Å²) in [5, 5.41) is 41.6. The number of benzene rings is 2. The van der Waals surface area contributed by atoms with Gasteiger partial charge in [-0.25, -0.2) is 19.2 Å². The summed E-state index contributed by atoms with van der Waals surface area (Å²) in [6.45, 7) is 0.315. The first-order valence-corrected chi connectivity index (χ1v) is 8.72. The van der Waals surface area contributed by atoms with Gasteiger partial charge in [-0.1, -0.05) is 24.3 Å².